The summed E-state index contributed by atoms with van der Waals surface area (Å²) in [5.74, 6) is 0.687. The largest absolute Gasteiger partial charge is 0.505 e. The molecule has 15 heavy (non-hydrogen) atoms. The van der Waals surface area contributed by atoms with E-state index in [9.17, 15) is 5.11 Å². The molecule has 4 heteroatoms. The molecule has 0 spiro atoms. The maximum Gasteiger partial charge on any atom is 0.152 e. The molecule has 0 aliphatic heterocycles. The molecule has 0 unspecified atom stereocenters. The molecule has 1 saturated carbocycles. The van der Waals surface area contributed by atoms with Gasteiger partial charge in [0.15, 0.2) is 5.75 Å². The molecule has 1 atom stereocenters. The zero-order chi connectivity index (χ0) is 11.0. The molecule has 3 N–H and O–H groups in total. The average molecular weight is 246 g/mol. The van der Waals surface area contributed by atoms with Gasteiger partial charge in [0.25, 0.3) is 0 Å². The topological polar surface area (TPSA) is 46.2 Å². The van der Waals surface area contributed by atoms with Crippen LogP contribution in [0.4, 0.5) is 0 Å². The van der Waals surface area contributed by atoms with Gasteiger partial charge in [-0.25, -0.2) is 0 Å². The Morgan fingerprint density at radius 3 is 2.33 bits per heavy atom. The molecule has 0 radical (unpaired) electrons. The first kappa shape index (κ1) is 11.1. The zero-order valence-electron chi connectivity index (χ0n) is 8.21. The van der Waals surface area contributed by atoms with Crippen molar-refractivity contribution in [3.8, 4) is 5.75 Å². The van der Waals surface area contributed by atoms with Gasteiger partial charge in [-0.1, -0.05) is 36.0 Å². The Hall–Kier alpha value is -0.440. The van der Waals surface area contributed by atoms with Gasteiger partial charge in [-0.2, -0.15) is 0 Å². The Morgan fingerprint density at radius 2 is 1.87 bits per heavy atom. The summed E-state index contributed by atoms with van der Waals surface area (Å²) >= 11 is 11.7. The lowest BCUT2D eigenvalue weighted by Gasteiger charge is -2.13. The number of rotatable bonds is 3. The van der Waals surface area contributed by atoms with Crippen molar-refractivity contribution in [2.45, 2.75) is 25.3 Å². The molecule has 82 valence electrons. The second-order valence-electron chi connectivity index (χ2n) is 4.12. The predicted molar refractivity (Wildman–Crippen MR) is 62.4 cm³/mol. The minimum absolute atomic E-state index is 0.0342. The van der Waals surface area contributed by atoms with Crippen molar-refractivity contribution in [1.82, 2.24) is 0 Å². The average Bonchev–Trinajstić information content (AvgIpc) is 2.97. The van der Waals surface area contributed by atoms with Crippen LogP contribution >= 0.6 is 23.2 Å². The smallest absolute Gasteiger partial charge is 0.152 e. The van der Waals surface area contributed by atoms with Crippen molar-refractivity contribution in [3.05, 3.63) is 27.7 Å². The van der Waals surface area contributed by atoms with Crippen molar-refractivity contribution in [2.24, 2.45) is 11.7 Å². The normalized spacial score (nSPS) is 17.8. The second-order valence-corrected chi connectivity index (χ2v) is 4.93. The number of nitrogens with two attached hydrogens (primary N) is 1. The van der Waals surface area contributed by atoms with Crippen LogP contribution in [-0.4, -0.2) is 5.11 Å². The molecule has 1 aliphatic carbocycles. The van der Waals surface area contributed by atoms with E-state index in [1.165, 1.54) is 12.8 Å². The lowest BCUT2D eigenvalue weighted by molar-refractivity contribution is 0.475. The van der Waals surface area contributed by atoms with Crippen molar-refractivity contribution in [1.29, 1.82) is 0 Å². The van der Waals surface area contributed by atoms with Gasteiger partial charge in [0.2, 0.25) is 0 Å². The lowest BCUT2D eigenvalue weighted by atomic mass is 10.0. The SMILES string of the molecule is N[C@@H](CC1CC1)c1cc(Cl)c(O)c(Cl)c1. The first-order chi connectivity index (χ1) is 7.08. The van der Waals surface area contributed by atoms with Crippen LogP contribution in [0.1, 0.15) is 30.9 Å². The molecule has 1 aromatic rings. The van der Waals surface area contributed by atoms with E-state index < -0.39 is 0 Å². The van der Waals surface area contributed by atoms with Gasteiger partial charge in [-0.3, -0.25) is 0 Å². The first-order valence-electron chi connectivity index (χ1n) is 5.01. The molecular weight excluding hydrogens is 233 g/mol. The molecule has 1 aromatic carbocycles. The summed E-state index contributed by atoms with van der Waals surface area (Å²) in [5, 5.41) is 9.94. The minimum atomic E-state index is -0.0688. The summed E-state index contributed by atoms with van der Waals surface area (Å²) in [5.41, 5.74) is 6.92. The molecule has 0 heterocycles. The number of hydrogen-bond donors (Lipinski definition) is 2. The summed E-state index contributed by atoms with van der Waals surface area (Å²) in [7, 11) is 0. The van der Waals surface area contributed by atoms with Gasteiger partial charge < -0.3 is 10.8 Å². The molecule has 0 amide bonds. The fourth-order valence-corrected chi connectivity index (χ4v) is 2.15. The van der Waals surface area contributed by atoms with Crippen molar-refractivity contribution < 1.29 is 5.11 Å². The van der Waals surface area contributed by atoms with Gasteiger partial charge in [0.1, 0.15) is 0 Å². The molecule has 2 nitrogen and oxygen atoms in total. The Bertz CT molecular complexity index is 354. The maximum atomic E-state index is 9.40. The van der Waals surface area contributed by atoms with Gasteiger partial charge in [-0.05, 0) is 30.0 Å². The highest BCUT2D eigenvalue weighted by atomic mass is 35.5. The van der Waals surface area contributed by atoms with E-state index in [1.54, 1.807) is 12.1 Å². The van der Waals surface area contributed by atoms with Gasteiger partial charge in [0.05, 0.1) is 10.0 Å². The molecular formula is C11H13Cl2NO. The molecule has 0 bridgehead atoms. The lowest BCUT2D eigenvalue weighted by Crippen LogP contribution is -2.10. The van der Waals surface area contributed by atoms with E-state index in [-0.39, 0.29) is 21.8 Å². The number of hydrogen-bond acceptors (Lipinski definition) is 2. The summed E-state index contributed by atoms with van der Waals surface area (Å²) < 4.78 is 0. The third kappa shape index (κ3) is 2.57. The third-order valence-corrected chi connectivity index (χ3v) is 3.33. The Morgan fingerprint density at radius 1 is 1.33 bits per heavy atom. The number of benzene rings is 1. The van der Waals surface area contributed by atoms with Crippen molar-refractivity contribution in [2.75, 3.05) is 0 Å². The number of phenolic OH excluding ortho intramolecular Hbond substituents is 1. The Labute approximate surface area is 99.0 Å². The number of phenols is 1. The standard InChI is InChI=1S/C11H13Cl2NO/c12-8-4-7(5-9(13)11(8)15)10(14)3-6-1-2-6/h4-6,10,15H,1-3,14H2/t10-/m0/s1. The second kappa shape index (κ2) is 4.20. The van der Waals surface area contributed by atoms with E-state index in [0.29, 0.717) is 0 Å². The van der Waals surface area contributed by atoms with Crippen LogP contribution in [0.25, 0.3) is 0 Å². The molecule has 0 aromatic heterocycles. The highest BCUT2D eigenvalue weighted by Gasteiger charge is 2.25. The van der Waals surface area contributed by atoms with Crippen molar-refractivity contribution in [3.63, 3.8) is 0 Å². The highest BCUT2D eigenvalue weighted by molar-refractivity contribution is 6.37. The van der Waals surface area contributed by atoms with Crippen LogP contribution in [-0.2, 0) is 0 Å². The van der Waals surface area contributed by atoms with Crippen LogP contribution in [0.2, 0.25) is 10.0 Å². The quantitative estimate of drug-likeness (QED) is 0.857. The summed E-state index contributed by atoms with van der Waals surface area (Å²) in [6.45, 7) is 0. The molecule has 0 saturated heterocycles. The van der Waals surface area contributed by atoms with E-state index in [0.717, 1.165) is 17.9 Å². The van der Waals surface area contributed by atoms with Crippen LogP contribution < -0.4 is 5.73 Å². The number of aromatic hydroxyl groups is 1. The first-order valence-corrected chi connectivity index (χ1v) is 5.77. The highest BCUT2D eigenvalue weighted by Crippen LogP contribution is 2.39. The minimum Gasteiger partial charge on any atom is -0.505 e. The van der Waals surface area contributed by atoms with E-state index in [4.69, 9.17) is 28.9 Å². The van der Waals surface area contributed by atoms with Crippen LogP contribution in [0.5, 0.6) is 5.75 Å². The molecule has 2 rings (SSSR count). The fourth-order valence-electron chi connectivity index (χ4n) is 1.65. The van der Waals surface area contributed by atoms with Crippen molar-refractivity contribution >= 4 is 23.2 Å². The van der Waals surface area contributed by atoms with E-state index >= 15 is 0 Å². The third-order valence-electron chi connectivity index (χ3n) is 2.75. The number of halogens is 2. The predicted octanol–water partition coefficient (Wildman–Crippen LogP) is 3.50. The summed E-state index contributed by atoms with van der Waals surface area (Å²) in [6.07, 6.45) is 3.51. The van der Waals surface area contributed by atoms with Crippen LogP contribution in [0.3, 0.4) is 0 Å². The van der Waals surface area contributed by atoms with E-state index in [1.807, 2.05) is 0 Å². The zero-order valence-corrected chi connectivity index (χ0v) is 9.72. The maximum absolute atomic E-state index is 9.40. The van der Waals surface area contributed by atoms with E-state index in [2.05, 4.69) is 0 Å². The summed E-state index contributed by atoms with van der Waals surface area (Å²) in [4.78, 5) is 0. The van der Waals surface area contributed by atoms with Gasteiger partial charge in [-0.15, -0.1) is 0 Å². The molecule has 1 aliphatic rings. The Kier molecular flexibility index (Phi) is 3.10. The molecule has 1 fully saturated rings. The van der Waals surface area contributed by atoms with Gasteiger partial charge in [0, 0.05) is 6.04 Å². The van der Waals surface area contributed by atoms with Crippen LogP contribution in [0.15, 0.2) is 12.1 Å². The van der Waals surface area contributed by atoms with Gasteiger partial charge >= 0.3 is 0 Å². The summed E-state index contributed by atoms with van der Waals surface area (Å²) in [6, 6.07) is 3.35. The van der Waals surface area contributed by atoms with Crippen LogP contribution in [0, 0.1) is 5.92 Å². The monoisotopic (exact) mass is 245 g/mol. The fraction of sp³-hybridized carbons (Fsp3) is 0.455. The Balaban J connectivity index is 2.19.